The zero-order valence-electron chi connectivity index (χ0n) is 11.2. The minimum atomic E-state index is -0.412. The number of thiophene rings is 1. The fourth-order valence-electron chi connectivity index (χ4n) is 2.31. The van der Waals surface area contributed by atoms with Crippen molar-refractivity contribution in [2.45, 2.75) is 25.8 Å². The summed E-state index contributed by atoms with van der Waals surface area (Å²) in [5.41, 5.74) is 3.73. The second-order valence-corrected chi connectivity index (χ2v) is 6.54. The van der Waals surface area contributed by atoms with Crippen LogP contribution in [0, 0.1) is 0 Å². The molecule has 0 aromatic carbocycles. The summed E-state index contributed by atoms with van der Waals surface area (Å²) in [5, 5.41) is 4.10. The molecule has 0 saturated heterocycles. The lowest BCUT2D eigenvalue weighted by molar-refractivity contribution is -0.118. The van der Waals surface area contributed by atoms with Crippen LogP contribution in [0.15, 0.2) is 16.8 Å². The predicted molar refractivity (Wildman–Crippen MR) is 82.2 cm³/mol. The number of nitrogen functional groups attached to an aromatic ring is 1. The summed E-state index contributed by atoms with van der Waals surface area (Å²) in [4.78, 5) is 30.9. The smallest absolute Gasteiger partial charge is 0.294 e. The van der Waals surface area contributed by atoms with Crippen molar-refractivity contribution in [1.82, 2.24) is 10.4 Å². The van der Waals surface area contributed by atoms with Gasteiger partial charge in [-0.1, -0.05) is 0 Å². The van der Waals surface area contributed by atoms with Crippen LogP contribution >= 0.6 is 22.7 Å². The lowest BCUT2D eigenvalue weighted by Gasteiger charge is -2.19. The van der Waals surface area contributed by atoms with E-state index in [0.29, 0.717) is 23.7 Å². The summed E-state index contributed by atoms with van der Waals surface area (Å²) in [6.45, 7) is 0.386. The van der Waals surface area contributed by atoms with Crippen LogP contribution in [-0.4, -0.2) is 16.8 Å². The third-order valence-corrected chi connectivity index (χ3v) is 5.17. The number of hydrogen-bond donors (Lipinski definition) is 2. The van der Waals surface area contributed by atoms with E-state index in [1.807, 2.05) is 11.4 Å². The Morgan fingerprint density at radius 2 is 2.29 bits per heavy atom. The number of amides is 2. The number of hydrazine groups is 1. The van der Waals surface area contributed by atoms with Gasteiger partial charge in [0.15, 0.2) is 5.01 Å². The minimum absolute atomic E-state index is 0.102. The van der Waals surface area contributed by atoms with Crippen molar-refractivity contribution in [3.63, 3.8) is 0 Å². The quantitative estimate of drug-likeness (QED) is 0.511. The van der Waals surface area contributed by atoms with E-state index in [1.54, 1.807) is 21.6 Å². The van der Waals surface area contributed by atoms with Crippen molar-refractivity contribution < 1.29 is 9.59 Å². The summed E-state index contributed by atoms with van der Waals surface area (Å²) in [5.74, 6) is 4.78. The molecule has 0 radical (unpaired) electrons. The molecule has 21 heavy (non-hydrogen) atoms. The molecule has 3 N–H and O–H groups in total. The van der Waals surface area contributed by atoms with Crippen LogP contribution in [0.5, 0.6) is 0 Å². The average Bonchev–Trinajstić information content (AvgIpc) is 3.10. The van der Waals surface area contributed by atoms with Gasteiger partial charge in [0.05, 0.1) is 17.9 Å². The first kappa shape index (κ1) is 14.2. The normalized spacial score (nSPS) is 14.7. The number of nitrogens with two attached hydrogens (primary N) is 1. The van der Waals surface area contributed by atoms with Crippen LogP contribution in [0.1, 0.15) is 33.2 Å². The van der Waals surface area contributed by atoms with Crippen LogP contribution in [0.25, 0.3) is 0 Å². The van der Waals surface area contributed by atoms with E-state index >= 15 is 0 Å². The SMILES string of the molecule is NNC(=O)c1nc(CN2C(=O)CCCc3sccc32)cs1. The number of rotatable bonds is 3. The monoisotopic (exact) mass is 322 g/mol. The Morgan fingerprint density at radius 3 is 3.10 bits per heavy atom. The van der Waals surface area contributed by atoms with E-state index in [0.717, 1.165) is 18.5 Å². The molecule has 0 fully saturated rings. The number of nitrogens with one attached hydrogen (secondary N) is 1. The zero-order valence-corrected chi connectivity index (χ0v) is 12.8. The topological polar surface area (TPSA) is 88.3 Å². The van der Waals surface area contributed by atoms with Crippen LogP contribution in [0.3, 0.4) is 0 Å². The highest BCUT2D eigenvalue weighted by molar-refractivity contribution is 7.11. The molecular weight excluding hydrogens is 308 g/mol. The zero-order chi connectivity index (χ0) is 14.8. The van der Waals surface area contributed by atoms with Gasteiger partial charge in [0, 0.05) is 16.7 Å². The number of carbonyl (C=O) groups excluding carboxylic acids is 2. The van der Waals surface area contributed by atoms with Crippen molar-refractivity contribution in [3.8, 4) is 0 Å². The molecule has 2 amide bonds. The average molecular weight is 322 g/mol. The highest BCUT2D eigenvalue weighted by atomic mass is 32.1. The van der Waals surface area contributed by atoms with Gasteiger partial charge in [0.2, 0.25) is 5.91 Å². The molecule has 3 rings (SSSR count). The van der Waals surface area contributed by atoms with Crippen LogP contribution in [0.4, 0.5) is 5.69 Å². The van der Waals surface area contributed by atoms with E-state index in [2.05, 4.69) is 10.4 Å². The third-order valence-electron chi connectivity index (χ3n) is 3.31. The van der Waals surface area contributed by atoms with Crippen molar-refractivity contribution in [2.75, 3.05) is 4.90 Å². The summed E-state index contributed by atoms with van der Waals surface area (Å²) in [6, 6.07) is 1.98. The van der Waals surface area contributed by atoms with Gasteiger partial charge in [0.25, 0.3) is 5.91 Å². The maximum absolute atomic E-state index is 12.3. The Bertz CT molecular complexity index is 679. The number of anilines is 1. The Hall–Kier alpha value is -1.77. The molecule has 0 aliphatic carbocycles. The molecule has 1 aliphatic heterocycles. The maximum atomic E-state index is 12.3. The summed E-state index contributed by atoms with van der Waals surface area (Å²) in [6.07, 6.45) is 2.36. The van der Waals surface area contributed by atoms with Gasteiger partial charge in [-0.15, -0.1) is 22.7 Å². The Kier molecular flexibility index (Phi) is 4.00. The van der Waals surface area contributed by atoms with Gasteiger partial charge in [0.1, 0.15) is 0 Å². The second-order valence-electron chi connectivity index (χ2n) is 4.68. The van der Waals surface area contributed by atoms with Crippen LogP contribution < -0.4 is 16.2 Å². The Labute approximate surface area is 129 Å². The first-order chi connectivity index (χ1) is 10.2. The van der Waals surface area contributed by atoms with Gasteiger partial charge in [-0.2, -0.15) is 0 Å². The lowest BCUT2D eigenvalue weighted by Crippen LogP contribution is -2.31. The molecule has 1 aliphatic rings. The molecule has 2 aromatic rings. The van der Waals surface area contributed by atoms with Crippen molar-refractivity contribution in [1.29, 1.82) is 0 Å². The molecule has 0 spiro atoms. The minimum Gasteiger partial charge on any atom is -0.305 e. The summed E-state index contributed by atoms with van der Waals surface area (Å²) < 4.78 is 0. The van der Waals surface area contributed by atoms with E-state index in [-0.39, 0.29) is 5.91 Å². The van der Waals surface area contributed by atoms with Crippen LogP contribution in [-0.2, 0) is 17.8 Å². The summed E-state index contributed by atoms with van der Waals surface area (Å²) >= 11 is 2.90. The van der Waals surface area contributed by atoms with Gasteiger partial charge < -0.3 is 4.90 Å². The molecule has 0 bridgehead atoms. The molecule has 110 valence electrons. The van der Waals surface area contributed by atoms with E-state index in [9.17, 15) is 9.59 Å². The molecular formula is C13H14N4O2S2. The Morgan fingerprint density at radius 1 is 1.43 bits per heavy atom. The molecule has 0 saturated carbocycles. The van der Waals surface area contributed by atoms with Gasteiger partial charge in [-0.05, 0) is 24.3 Å². The summed E-state index contributed by atoms with van der Waals surface area (Å²) in [7, 11) is 0. The van der Waals surface area contributed by atoms with Gasteiger partial charge >= 0.3 is 0 Å². The Balaban J connectivity index is 1.85. The largest absolute Gasteiger partial charge is 0.305 e. The fourth-order valence-corrected chi connectivity index (χ4v) is 3.95. The van der Waals surface area contributed by atoms with Crippen molar-refractivity contribution in [2.24, 2.45) is 5.84 Å². The van der Waals surface area contributed by atoms with E-state index < -0.39 is 5.91 Å². The van der Waals surface area contributed by atoms with Gasteiger partial charge in [-0.3, -0.25) is 15.0 Å². The van der Waals surface area contributed by atoms with Crippen LogP contribution in [0.2, 0.25) is 0 Å². The second kappa shape index (κ2) is 5.92. The lowest BCUT2D eigenvalue weighted by atomic mass is 10.2. The number of aromatic nitrogens is 1. The first-order valence-corrected chi connectivity index (χ1v) is 8.27. The highest BCUT2D eigenvalue weighted by Gasteiger charge is 2.24. The van der Waals surface area contributed by atoms with Crippen molar-refractivity contribution >= 4 is 40.2 Å². The molecule has 2 aromatic heterocycles. The molecule has 8 heteroatoms. The number of hydrogen-bond acceptors (Lipinski definition) is 6. The standard InChI is InChI=1S/C13H14N4O2S2/c14-16-12(19)13-15-8(7-21-13)6-17-9-4-5-20-10(9)2-1-3-11(17)18/h4-5,7H,1-3,6,14H2,(H,16,19). The number of carbonyl (C=O) groups is 2. The first-order valence-electron chi connectivity index (χ1n) is 6.51. The van der Waals surface area contributed by atoms with E-state index in [1.165, 1.54) is 16.2 Å². The highest BCUT2D eigenvalue weighted by Crippen LogP contribution is 2.32. The number of thiazole rings is 1. The number of fused-ring (bicyclic) bond motifs is 1. The maximum Gasteiger partial charge on any atom is 0.294 e. The molecule has 0 unspecified atom stereocenters. The number of nitrogens with zero attached hydrogens (tertiary/aromatic N) is 2. The molecule has 0 atom stereocenters. The third kappa shape index (κ3) is 2.82. The molecule has 3 heterocycles. The van der Waals surface area contributed by atoms with E-state index in [4.69, 9.17) is 5.84 Å². The molecule has 6 nitrogen and oxygen atoms in total. The van der Waals surface area contributed by atoms with Crippen molar-refractivity contribution in [3.05, 3.63) is 32.4 Å². The fraction of sp³-hybridized carbons (Fsp3) is 0.308. The predicted octanol–water partition coefficient (Wildman–Crippen LogP) is 1.68. The van der Waals surface area contributed by atoms with Gasteiger partial charge in [-0.25, -0.2) is 10.8 Å². The number of aryl methyl sites for hydroxylation is 1.